The summed E-state index contributed by atoms with van der Waals surface area (Å²) in [6.07, 6.45) is 11.5. The van der Waals surface area contributed by atoms with E-state index in [1.54, 1.807) is 0 Å². The van der Waals surface area contributed by atoms with E-state index in [-0.39, 0.29) is 0 Å². The third kappa shape index (κ3) is 6.21. The first-order valence-electron chi connectivity index (χ1n) is 16.0. The lowest BCUT2D eigenvalue weighted by Gasteiger charge is -2.21. The van der Waals surface area contributed by atoms with Gasteiger partial charge in [0.25, 0.3) is 0 Å². The highest BCUT2D eigenvalue weighted by Crippen LogP contribution is 2.50. The van der Waals surface area contributed by atoms with Crippen LogP contribution in [0.3, 0.4) is 0 Å². The molecule has 1 heteroatoms. The smallest absolute Gasteiger partial charge is 0.119 e. The van der Waals surface area contributed by atoms with Crippen molar-refractivity contribution < 1.29 is 4.74 Å². The molecule has 0 unspecified atom stereocenters. The second kappa shape index (κ2) is 13.7. The highest BCUT2D eigenvalue weighted by Gasteiger charge is 2.27. The van der Waals surface area contributed by atoms with Gasteiger partial charge in [0.05, 0.1) is 6.61 Å². The second-order valence-electron chi connectivity index (χ2n) is 11.6. The minimum atomic E-state index is 0.789. The van der Waals surface area contributed by atoms with Crippen LogP contribution in [0.5, 0.6) is 5.75 Å². The minimum absolute atomic E-state index is 0.789. The molecular formula is C41H42O. The van der Waals surface area contributed by atoms with Gasteiger partial charge in [-0.25, -0.2) is 0 Å². The molecule has 0 bridgehead atoms. The third-order valence-corrected chi connectivity index (χ3v) is 8.67. The highest BCUT2D eigenvalue weighted by molar-refractivity contribution is 6.01. The maximum absolute atomic E-state index is 6.17. The number of benzene rings is 5. The van der Waals surface area contributed by atoms with Crippen molar-refractivity contribution in [3.8, 4) is 50.3 Å². The Morgan fingerprint density at radius 1 is 0.500 bits per heavy atom. The molecule has 42 heavy (non-hydrogen) atoms. The van der Waals surface area contributed by atoms with Crippen molar-refractivity contribution in [2.45, 2.75) is 64.7 Å². The Balaban J connectivity index is 1.31. The first-order valence-corrected chi connectivity index (χ1v) is 16.0. The van der Waals surface area contributed by atoms with E-state index >= 15 is 0 Å². The van der Waals surface area contributed by atoms with Gasteiger partial charge in [0.1, 0.15) is 5.75 Å². The van der Waals surface area contributed by atoms with Gasteiger partial charge in [-0.2, -0.15) is 0 Å². The predicted molar refractivity (Wildman–Crippen MR) is 179 cm³/mol. The van der Waals surface area contributed by atoms with Crippen LogP contribution in [0.15, 0.2) is 115 Å². The lowest BCUT2D eigenvalue weighted by molar-refractivity contribution is 0.304. The fraction of sp³-hybridized carbons (Fsp3) is 0.268. The fourth-order valence-corrected chi connectivity index (χ4v) is 6.49. The summed E-state index contributed by atoms with van der Waals surface area (Å²) in [5.74, 6) is 0.956. The minimum Gasteiger partial charge on any atom is -0.494 e. The maximum Gasteiger partial charge on any atom is 0.119 e. The molecule has 0 saturated carbocycles. The summed E-state index contributed by atoms with van der Waals surface area (Å²) in [7, 11) is 0. The molecule has 0 saturated heterocycles. The molecule has 212 valence electrons. The molecule has 0 fully saturated rings. The Bertz CT molecular complexity index is 1580. The van der Waals surface area contributed by atoms with Gasteiger partial charge in [0.15, 0.2) is 0 Å². The van der Waals surface area contributed by atoms with Gasteiger partial charge in [-0.3, -0.25) is 0 Å². The zero-order valence-corrected chi connectivity index (χ0v) is 24.9. The molecule has 0 aromatic heterocycles. The standard InChI is InChI=1S/C41H42O/c1-2-3-4-5-6-7-8-17-28-42-35-26-24-31(25-27-35)37-30-38-36-23-16-15-22-34(36)29-39(38)41(33-20-13-10-14-21-33)40(37)32-18-11-9-12-19-32/h9-16,18-27,30H,2-8,17,28-29H2,1H3. The Kier molecular flexibility index (Phi) is 9.15. The van der Waals surface area contributed by atoms with Gasteiger partial charge < -0.3 is 4.74 Å². The monoisotopic (exact) mass is 550 g/mol. The molecule has 5 aromatic carbocycles. The first kappa shape index (κ1) is 28.0. The van der Waals surface area contributed by atoms with Gasteiger partial charge in [-0.1, -0.05) is 149 Å². The predicted octanol–water partition coefficient (Wildman–Crippen LogP) is 11.8. The summed E-state index contributed by atoms with van der Waals surface area (Å²) < 4.78 is 6.17. The molecule has 1 aliphatic carbocycles. The first-order chi connectivity index (χ1) is 20.8. The van der Waals surface area contributed by atoms with Crippen LogP contribution in [0.4, 0.5) is 0 Å². The number of ether oxygens (including phenoxy) is 1. The van der Waals surface area contributed by atoms with Crippen molar-refractivity contribution >= 4 is 0 Å². The average Bonchev–Trinajstić information content (AvgIpc) is 3.42. The Labute approximate surface area is 252 Å². The van der Waals surface area contributed by atoms with Crippen LogP contribution in [-0.4, -0.2) is 6.61 Å². The van der Waals surface area contributed by atoms with Crippen LogP contribution in [0, 0.1) is 0 Å². The number of hydrogen-bond donors (Lipinski definition) is 0. The number of hydrogen-bond acceptors (Lipinski definition) is 1. The van der Waals surface area contributed by atoms with E-state index in [9.17, 15) is 0 Å². The van der Waals surface area contributed by atoms with E-state index in [1.165, 1.54) is 101 Å². The van der Waals surface area contributed by atoms with E-state index < -0.39 is 0 Å². The third-order valence-electron chi connectivity index (χ3n) is 8.67. The lowest BCUT2D eigenvalue weighted by Crippen LogP contribution is -1.98. The SMILES string of the molecule is CCCCCCCCCCOc1ccc(-c2cc3c(c(-c4ccccc4)c2-c2ccccc2)Cc2ccccc2-3)cc1. The van der Waals surface area contributed by atoms with Crippen molar-refractivity contribution in [3.05, 3.63) is 126 Å². The van der Waals surface area contributed by atoms with Crippen LogP contribution in [0.2, 0.25) is 0 Å². The molecule has 0 spiro atoms. The van der Waals surface area contributed by atoms with E-state index in [4.69, 9.17) is 4.74 Å². The normalized spacial score (nSPS) is 11.7. The van der Waals surface area contributed by atoms with Crippen LogP contribution in [0.25, 0.3) is 44.5 Å². The molecule has 0 heterocycles. The summed E-state index contributed by atoms with van der Waals surface area (Å²) >= 11 is 0. The van der Waals surface area contributed by atoms with Gasteiger partial charge in [-0.05, 0) is 86.7 Å². The molecule has 6 rings (SSSR count). The summed E-state index contributed by atoms with van der Waals surface area (Å²) in [6, 6.07) is 42.0. The van der Waals surface area contributed by atoms with Gasteiger partial charge in [-0.15, -0.1) is 0 Å². The Hall–Kier alpha value is -4.10. The summed E-state index contributed by atoms with van der Waals surface area (Å²) in [4.78, 5) is 0. The number of fused-ring (bicyclic) bond motifs is 3. The zero-order chi connectivity index (χ0) is 28.6. The van der Waals surface area contributed by atoms with Crippen LogP contribution >= 0.6 is 0 Å². The topological polar surface area (TPSA) is 9.23 Å². The summed E-state index contributed by atoms with van der Waals surface area (Å²) in [6.45, 7) is 3.07. The molecule has 5 aromatic rings. The summed E-state index contributed by atoms with van der Waals surface area (Å²) in [5, 5.41) is 0. The van der Waals surface area contributed by atoms with Crippen molar-refractivity contribution in [3.63, 3.8) is 0 Å². The van der Waals surface area contributed by atoms with Crippen molar-refractivity contribution in [1.82, 2.24) is 0 Å². The van der Waals surface area contributed by atoms with E-state index in [0.717, 1.165) is 25.2 Å². The van der Waals surface area contributed by atoms with Crippen LogP contribution < -0.4 is 4.74 Å². The molecule has 0 atom stereocenters. The lowest BCUT2D eigenvalue weighted by atomic mass is 9.82. The summed E-state index contributed by atoms with van der Waals surface area (Å²) in [5.41, 5.74) is 13.2. The van der Waals surface area contributed by atoms with E-state index in [0.29, 0.717) is 0 Å². The number of rotatable bonds is 13. The highest BCUT2D eigenvalue weighted by atomic mass is 16.5. The quantitative estimate of drug-likeness (QED) is 0.130. The maximum atomic E-state index is 6.17. The van der Waals surface area contributed by atoms with E-state index in [1.807, 2.05) is 0 Å². The van der Waals surface area contributed by atoms with E-state index in [2.05, 4.69) is 122 Å². The fourth-order valence-electron chi connectivity index (χ4n) is 6.49. The molecule has 0 aliphatic heterocycles. The largest absolute Gasteiger partial charge is 0.494 e. The Morgan fingerprint density at radius 2 is 1.10 bits per heavy atom. The average molecular weight is 551 g/mol. The van der Waals surface area contributed by atoms with Crippen LogP contribution in [-0.2, 0) is 6.42 Å². The van der Waals surface area contributed by atoms with Gasteiger partial charge in [0.2, 0.25) is 0 Å². The molecule has 0 N–H and O–H groups in total. The van der Waals surface area contributed by atoms with Gasteiger partial charge in [0, 0.05) is 0 Å². The second-order valence-corrected chi connectivity index (χ2v) is 11.6. The molecular weight excluding hydrogens is 508 g/mol. The van der Waals surface area contributed by atoms with Gasteiger partial charge >= 0.3 is 0 Å². The van der Waals surface area contributed by atoms with Crippen molar-refractivity contribution in [1.29, 1.82) is 0 Å². The molecule has 1 nitrogen and oxygen atoms in total. The Morgan fingerprint density at radius 3 is 1.79 bits per heavy atom. The zero-order valence-electron chi connectivity index (χ0n) is 24.9. The molecule has 0 radical (unpaired) electrons. The van der Waals surface area contributed by atoms with Crippen molar-refractivity contribution in [2.75, 3.05) is 6.61 Å². The molecule has 1 aliphatic rings. The van der Waals surface area contributed by atoms with Crippen LogP contribution in [0.1, 0.15) is 69.4 Å². The number of unbranched alkanes of at least 4 members (excludes halogenated alkanes) is 7. The van der Waals surface area contributed by atoms with Crippen molar-refractivity contribution in [2.24, 2.45) is 0 Å². The molecule has 0 amide bonds.